The Kier molecular flexibility index (Phi) is 3.86. The molecule has 0 N–H and O–H groups in total. The number of fused-ring (bicyclic) bond motifs is 3. The predicted octanol–water partition coefficient (Wildman–Crippen LogP) is 5.78. The molecule has 0 bridgehead atoms. The Morgan fingerprint density at radius 2 is 1.75 bits per heavy atom. The van der Waals surface area contributed by atoms with Crippen LogP contribution in [0.15, 0.2) is 42.6 Å². The third kappa shape index (κ3) is 2.49. The number of rotatable bonds is 3. The number of benzene rings is 2. The number of ether oxygens (including phenoxy) is 1. The molecule has 0 saturated carbocycles. The van der Waals surface area contributed by atoms with E-state index in [0.717, 1.165) is 47.7 Å². The maximum Gasteiger partial charge on any atom is 0.387 e. The summed E-state index contributed by atoms with van der Waals surface area (Å²) in [5.41, 5.74) is 4.63. The zero-order chi connectivity index (χ0) is 19.4. The summed E-state index contributed by atoms with van der Waals surface area (Å²) in [6.07, 6.45) is 4.51. The van der Waals surface area contributed by atoms with Crippen LogP contribution in [0.2, 0.25) is 0 Å². The number of aromatic nitrogens is 2. The number of alkyl halides is 2. The Balaban J connectivity index is 1.73. The van der Waals surface area contributed by atoms with Gasteiger partial charge in [0.25, 0.3) is 0 Å². The molecule has 2 aromatic heterocycles. The molecule has 4 aromatic rings. The Labute approximate surface area is 157 Å². The average Bonchev–Trinajstić information content (AvgIpc) is 3.08. The van der Waals surface area contributed by atoms with E-state index in [0.29, 0.717) is 12.1 Å². The fourth-order valence-corrected chi connectivity index (χ4v) is 4.20. The van der Waals surface area contributed by atoms with Crippen molar-refractivity contribution in [2.45, 2.75) is 32.4 Å². The molecule has 3 nitrogen and oxygen atoms in total. The summed E-state index contributed by atoms with van der Waals surface area (Å²) >= 11 is 0. The van der Waals surface area contributed by atoms with Crippen LogP contribution in [0, 0.1) is 11.6 Å². The van der Waals surface area contributed by atoms with Crippen molar-refractivity contribution < 1.29 is 22.3 Å². The van der Waals surface area contributed by atoms with Crippen molar-refractivity contribution in [2.75, 3.05) is 0 Å². The molecule has 5 rings (SSSR count). The standard InChI is InChI=1S/C21H16F4N2O/c22-16-8-9-17-19(18(16)23)26-10-2-1-3-14-15(11-27(17)20(14)26)12-4-6-13(7-5-12)28-21(24)25/h4-9,11,21H,1-3,10H2. The lowest BCUT2D eigenvalue weighted by Crippen LogP contribution is -2.01. The number of imidazole rings is 1. The predicted molar refractivity (Wildman–Crippen MR) is 97.8 cm³/mol. The largest absolute Gasteiger partial charge is 0.435 e. The first-order valence-corrected chi connectivity index (χ1v) is 9.10. The first-order valence-electron chi connectivity index (χ1n) is 9.10. The van der Waals surface area contributed by atoms with Crippen LogP contribution in [0.25, 0.3) is 27.8 Å². The Bertz CT molecular complexity index is 1190. The van der Waals surface area contributed by atoms with Crippen molar-refractivity contribution in [3.8, 4) is 16.9 Å². The van der Waals surface area contributed by atoms with Crippen LogP contribution in [0.4, 0.5) is 17.6 Å². The molecule has 0 amide bonds. The third-order valence-corrected chi connectivity index (χ3v) is 5.36. The van der Waals surface area contributed by atoms with Gasteiger partial charge in [0.1, 0.15) is 16.9 Å². The van der Waals surface area contributed by atoms with Crippen LogP contribution in [-0.4, -0.2) is 15.6 Å². The van der Waals surface area contributed by atoms with Gasteiger partial charge in [-0.05, 0) is 49.1 Å². The molecular formula is C21H16F4N2O. The second-order valence-corrected chi connectivity index (χ2v) is 6.96. The first-order chi connectivity index (χ1) is 13.5. The monoisotopic (exact) mass is 388 g/mol. The van der Waals surface area contributed by atoms with Gasteiger partial charge in [0.15, 0.2) is 11.6 Å². The van der Waals surface area contributed by atoms with E-state index in [1.807, 2.05) is 15.2 Å². The van der Waals surface area contributed by atoms with E-state index in [1.54, 1.807) is 18.2 Å². The second kappa shape index (κ2) is 6.29. The van der Waals surface area contributed by atoms with E-state index in [4.69, 9.17) is 0 Å². The van der Waals surface area contributed by atoms with Crippen LogP contribution < -0.4 is 4.74 Å². The van der Waals surface area contributed by atoms with Crippen LogP contribution >= 0.6 is 0 Å². The van der Waals surface area contributed by atoms with Crippen LogP contribution in [0.1, 0.15) is 18.4 Å². The van der Waals surface area contributed by atoms with E-state index in [9.17, 15) is 17.6 Å². The molecular weight excluding hydrogens is 372 g/mol. The van der Waals surface area contributed by atoms with Crippen LogP contribution in [0.3, 0.4) is 0 Å². The van der Waals surface area contributed by atoms with Crippen molar-refractivity contribution in [1.82, 2.24) is 8.97 Å². The van der Waals surface area contributed by atoms with Crippen LogP contribution in [0.5, 0.6) is 5.75 Å². The van der Waals surface area contributed by atoms with Gasteiger partial charge in [0, 0.05) is 23.9 Å². The molecule has 1 aliphatic heterocycles. The summed E-state index contributed by atoms with van der Waals surface area (Å²) in [4.78, 5) is 0. The highest BCUT2D eigenvalue weighted by Gasteiger charge is 2.24. The smallest absolute Gasteiger partial charge is 0.387 e. The zero-order valence-electron chi connectivity index (χ0n) is 14.8. The number of hydrogen-bond donors (Lipinski definition) is 0. The molecule has 2 aromatic carbocycles. The van der Waals surface area contributed by atoms with E-state index in [1.165, 1.54) is 12.1 Å². The summed E-state index contributed by atoms with van der Waals surface area (Å²) in [5, 5.41) is 0. The third-order valence-electron chi connectivity index (χ3n) is 5.36. The minimum Gasteiger partial charge on any atom is -0.435 e. The van der Waals surface area contributed by atoms with Crippen LogP contribution in [-0.2, 0) is 13.0 Å². The maximum absolute atomic E-state index is 14.5. The summed E-state index contributed by atoms with van der Waals surface area (Å²) < 4.78 is 61.3. The molecule has 3 heterocycles. The topological polar surface area (TPSA) is 18.6 Å². The summed E-state index contributed by atoms with van der Waals surface area (Å²) in [5.74, 6) is -1.59. The van der Waals surface area contributed by atoms with Gasteiger partial charge in [-0.3, -0.25) is 0 Å². The number of halogens is 4. The lowest BCUT2D eigenvalue weighted by atomic mass is 10.0. The van der Waals surface area contributed by atoms with Gasteiger partial charge >= 0.3 is 6.61 Å². The Morgan fingerprint density at radius 3 is 2.50 bits per heavy atom. The van der Waals surface area contributed by atoms with Gasteiger partial charge in [-0.15, -0.1) is 0 Å². The summed E-state index contributed by atoms with van der Waals surface area (Å²) in [6, 6.07) is 9.22. The van der Waals surface area contributed by atoms with E-state index in [-0.39, 0.29) is 11.3 Å². The second-order valence-electron chi connectivity index (χ2n) is 6.96. The van der Waals surface area contributed by atoms with Crippen molar-refractivity contribution in [3.63, 3.8) is 0 Å². The molecule has 0 saturated heterocycles. The molecule has 0 fully saturated rings. The fraction of sp³-hybridized carbons (Fsp3) is 0.238. The molecule has 0 spiro atoms. The molecule has 0 atom stereocenters. The fourth-order valence-electron chi connectivity index (χ4n) is 4.20. The lowest BCUT2D eigenvalue weighted by Gasteiger charge is -2.07. The normalized spacial score (nSPS) is 14.2. The highest BCUT2D eigenvalue weighted by Crippen LogP contribution is 2.37. The van der Waals surface area contributed by atoms with E-state index < -0.39 is 18.2 Å². The van der Waals surface area contributed by atoms with Crippen molar-refractivity contribution in [1.29, 1.82) is 0 Å². The Morgan fingerprint density at radius 1 is 0.964 bits per heavy atom. The van der Waals surface area contributed by atoms with Gasteiger partial charge in [0.05, 0.1) is 5.52 Å². The number of hydrogen-bond acceptors (Lipinski definition) is 1. The molecule has 0 radical (unpaired) electrons. The molecule has 144 valence electrons. The Hall–Kier alpha value is -2.96. The minimum absolute atomic E-state index is 0.0980. The zero-order valence-corrected chi connectivity index (χ0v) is 14.8. The molecule has 0 aliphatic carbocycles. The highest BCUT2D eigenvalue weighted by molar-refractivity contribution is 5.88. The molecule has 0 unspecified atom stereocenters. The van der Waals surface area contributed by atoms with E-state index in [2.05, 4.69) is 4.74 Å². The molecule has 7 heteroatoms. The van der Waals surface area contributed by atoms with Gasteiger partial charge in [-0.1, -0.05) is 12.1 Å². The quantitative estimate of drug-likeness (QED) is 0.407. The SMILES string of the molecule is Fc1ccc2c(c1F)n1c3c(c(-c4ccc(OC(F)F)cc4)cn23)CCCC1. The average molecular weight is 388 g/mol. The van der Waals surface area contributed by atoms with Crippen molar-refractivity contribution in [3.05, 3.63) is 59.8 Å². The lowest BCUT2D eigenvalue weighted by molar-refractivity contribution is -0.0498. The first kappa shape index (κ1) is 17.2. The van der Waals surface area contributed by atoms with Gasteiger partial charge in [-0.2, -0.15) is 8.78 Å². The van der Waals surface area contributed by atoms with Gasteiger partial charge in [0.2, 0.25) is 0 Å². The maximum atomic E-state index is 14.5. The van der Waals surface area contributed by atoms with Gasteiger partial charge in [-0.25, -0.2) is 8.78 Å². The molecule has 1 aliphatic rings. The van der Waals surface area contributed by atoms with E-state index >= 15 is 0 Å². The molecule has 28 heavy (non-hydrogen) atoms. The highest BCUT2D eigenvalue weighted by atomic mass is 19.3. The number of aryl methyl sites for hydroxylation is 2. The minimum atomic E-state index is -2.87. The van der Waals surface area contributed by atoms with Gasteiger partial charge < -0.3 is 13.7 Å². The summed E-state index contributed by atoms with van der Waals surface area (Å²) in [6.45, 7) is -2.25. The van der Waals surface area contributed by atoms with Crippen molar-refractivity contribution in [2.24, 2.45) is 0 Å². The van der Waals surface area contributed by atoms with Crippen molar-refractivity contribution >= 4 is 16.7 Å². The number of nitrogens with zero attached hydrogens (tertiary/aromatic N) is 2. The summed E-state index contributed by atoms with van der Waals surface area (Å²) in [7, 11) is 0.